The zero-order valence-corrected chi connectivity index (χ0v) is 21.4. The van der Waals surface area contributed by atoms with Crippen LogP contribution in [0.1, 0.15) is 0 Å². The summed E-state index contributed by atoms with van der Waals surface area (Å²) in [6.45, 7) is 1.78. The van der Waals surface area contributed by atoms with Gasteiger partial charge in [-0.15, -0.1) is 0 Å². The number of carbonyl (C=O) groups excluding carboxylic acids is 1. The molecule has 0 aliphatic carbocycles. The smallest absolute Gasteiger partial charge is 0.321 e. The molecule has 2 aromatic carbocycles. The summed E-state index contributed by atoms with van der Waals surface area (Å²) < 4.78 is 24.2. The molecule has 4 aromatic rings. The highest BCUT2D eigenvalue weighted by Gasteiger charge is 2.25. The zero-order chi connectivity index (χ0) is 26.8. The molecule has 5 rings (SSSR count). The van der Waals surface area contributed by atoms with E-state index in [1.54, 1.807) is 31.4 Å². The summed E-state index contributed by atoms with van der Waals surface area (Å²) in [5, 5.41) is 2.69. The number of halogens is 2. The highest BCUT2D eigenvalue weighted by Crippen LogP contribution is 2.33. The average molecular weight is 539 g/mol. The Labute approximate surface area is 222 Å². The molecular weight excluding hydrogens is 515 g/mol. The lowest BCUT2D eigenvalue weighted by molar-refractivity contribution is 0.208. The SMILES string of the molecule is COc1ccc(-c2cnc3nc(N)nc(N4CCN(C(=O)Nc5ccc(F)c(Cl)c5)CC4)c3n2)cc1OC. The summed E-state index contributed by atoms with van der Waals surface area (Å²) in [5.74, 6) is 1.23. The van der Waals surface area contributed by atoms with Crippen LogP contribution in [0.3, 0.4) is 0 Å². The first-order valence-electron chi connectivity index (χ1n) is 11.6. The lowest BCUT2D eigenvalue weighted by Gasteiger charge is -2.35. The molecule has 0 unspecified atom stereocenters. The number of hydrogen-bond acceptors (Lipinski definition) is 9. The first-order chi connectivity index (χ1) is 18.4. The Morgan fingerprint density at radius 3 is 2.50 bits per heavy atom. The van der Waals surface area contributed by atoms with Crippen molar-refractivity contribution in [2.75, 3.05) is 56.3 Å². The number of hydrogen-bond donors (Lipinski definition) is 2. The van der Waals surface area contributed by atoms with Crippen LogP contribution < -0.4 is 25.4 Å². The van der Waals surface area contributed by atoms with Crippen molar-refractivity contribution >= 4 is 46.2 Å². The molecule has 0 atom stereocenters. The molecule has 196 valence electrons. The summed E-state index contributed by atoms with van der Waals surface area (Å²) >= 11 is 5.82. The molecule has 0 bridgehead atoms. The molecule has 11 nitrogen and oxygen atoms in total. The van der Waals surface area contributed by atoms with Crippen LogP contribution >= 0.6 is 11.6 Å². The highest BCUT2D eigenvalue weighted by molar-refractivity contribution is 6.31. The minimum Gasteiger partial charge on any atom is -0.493 e. The molecule has 1 aliphatic rings. The van der Waals surface area contributed by atoms with Crippen molar-refractivity contribution in [2.24, 2.45) is 0 Å². The second kappa shape index (κ2) is 10.5. The highest BCUT2D eigenvalue weighted by atomic mass is 35.5. The molecule has 3 heterocycles. The number of piperazine rings is 1. The molecule has 0 radical (unpaired) electrons. The summed E-state index contributed by atoms with van der Waals surface area (Å²) in [4.78, 5) is 34.4. The van der Waals surface area contributed by atoms with Gasteiger partial charge in [0, 0.05) is 37.4 Å². The van der Waals surface area contributed by atoms with Crippen LogP contribution in [0.2, 0.25) is 5.02 Å². The third-order valence-electron chi connectivity index (χ3n) is 6.12. The second-order valence-electron chi connectivity index (χ2n) is 8.44. The predicted molar refractivity (Wildman–Crippen MR) is 142 cm³/mol. The molecule has 1 aliphatic heterocycles. The normalized spacial score (nSPS) is 13.5. The van der Waals surface area contributed by atoms with Crippen LogP contribution in [0.15, 0.2) is 42.6 Å². The lowest BCUT2D eigenvalue weighted by atomic mass is 10.1. The fraction of sp³-hybridized carbons (Fsp3) is 0.240. The van der Waals surface area contributed by atoms with Gasteiger partial charge in [-0.2, -0.15) is 9.97 Å². The Kier molecular flexibility index (Phi) is 6.97. The predicted octanol–water partition coefficient (Wildman–Crippen LogP) is 3.83. The van der Waals surface area contributed by atoms with Crippen molar-refractivity contribution < 1.29 is 18.7 Å². The third kappa shape index (κ3) is 5.02. The molecule has 38 heavy (non-hydrogen) atoms. The van der Waals surface area contributed by atoms with E-state index >= 15 is 0 Å². The lowest BCUT2D eigenvalue weighted by Crippen LogP contribution is -2.50. The third-order valence-corrected chi connectivity index (χ3v) is 6.41. The Balaban J connectivity index is 1.37. The van der Waals surface area contributed by atoms with Gasteiger partial charge in [0.15, 0.2) is 28.5 Å². The van der Waals surface area contributed by atoms with Gasteiger partial charge in [-0.1, -0.05) is 11.6 Å². The van der Waals surface area contributed by atoms with Crippen LogP contribution in [0.5, 0.6) is 11.5 Å². The molecule has 2 amide bonds. The van der Waals surface area contributed by atoms with E-state index in [0.717, 1.165) is 5.56 Å². The van der Waals surface area contributed by atoms with Crippen LogP contribution in [-0.2, 0) is 0 Å². The van der Waals surface area contributed by atoms with Gasteiger partial charge in [0.1, 0.15) is 5.82 Å². The second-order valence-corrected chi connectivity index (χ2v) is 8.84. The molecule has 0 spiro atoms. The Morgan fingerprint density at radius 2 is 1.79 bits per heavy atom. The van der Waals surface area contributed by atoms with Crippen molar-refractivity contribution in [3.8, 4) is 22.8 Å². The van der Waals surface area contributed by atoms with Gasteiger partial charge in [0.2, 0.25) is 5.95 Å². The first kappa shape index (κ1) is 25.2. The van der Waals surface area contributed by atoms with Gasteiger partial charge in [-0.3, -0.25) is 0 Å². The minimum atomic E-state index is -0.549. The van der Waals surface area contributed by atoms with Gasteiger partial charge in [0.05, 0.1) is 31.1 Å². The van der Waals surface area contributed by atoms with Gasteiger partial charge >= 0.3 is 6.03 Å². The van der Waals surface area contributed by atoms with E-state index in [9.17, 15) is 9.18 Å². The number of nitrogens with one attached hydrogen (secondary N) is 1. The van der Waals surface area contributed by atoms with Crippen LogP contribution in [0.4, 0.5) is 26.6 Å². The number of methoxy groups -OCH3 is 2. The monoisotopic (exact) mass is 538 g/mol. The number of nitrogens with two attached hydrogens (primary N) is 1. The maximum atomic E-state index is 13.4. The van der Waals surface area contributed by atoms with E-state index in [0.29, 0.717) is 66.0 Å². The van der Waals surface area contributed by atoms with Gasteiger partial charge in [-0.05, 0) is 36.4 Å². The minimum absolute atomic E-state index is 0.0607. The summed E-state index contributed by atoms with van der Waals surface area (Å²) in [7, 11) is 3.14. The molecule has 0 saturated carbocycles. The molecule has 3 N–H and O–H groups in total. The van der Waals surface area contributed by atoms with Crippen LogP contribution in [-0.4, -0.2) is 71.3 Å². The number of urea groups is 1. The number of ether oxygens (including phenoxy) is 2. The largest absolute Gasteiger partial charge is 0.493 e. The van der Waals surface area contributed by atoms with Crippen molar-refractivity contribution in [3.63, 3.8) is 0 Å². The Hall–Kier alpha value is -4.45. The van der Waals surface area contributed by atoms with Crippen molar-refractivity contribution in [2.45, 2.75) is 0 Å². The number of rotatable bonds is 5. The summed E-state index contributed by atoms with van der Waals surface area (Å²) in [6, 6.07) is 9.20. The molecular formula is C25H24ClFN8O3. The maximum absolute atomic E-state index is 13.4. The fourth-order valence-corrected chi connectivity index (χ4v) is 4.34. The standard InChI is InChI=1S/C25H24ClFN8O3/c1-37-19-6-3-14(11-20(19)38-2)18-13-29-22-21(31-18)23(33-24(28)32-22)34-7-9-35(10-8-34)25(36)30-15-4-5-17(27)16(26)12-15/h3-6,11-13H,7-10H2,1-2H3,(H,30,36)(H2,28,29,32,33). The number of nitrogens with zero attached hydrogens (tertiary/aromatic N) is 6. The summed E-state index contributed by atoms with van der Waals surface area (Å²) in [6.07, 6.45) is 1.61. The zero-order valence-electron chi connectivity index (χ0n) is 20.6. The number of benzene rings is 2. The quantitative estimate of drug-likeness (QED) is 0.389. The van der Waals surface area contributed by atoms with E-state index < -0.39 is 5.82 Å². The number of aromatic nitrogens is 4. The van der Waals surface area contributed by atoms with Crippen molar-refractivity contribution in [3.05, 3.63) is 53.4 Å². The van der Waals surface area contributed by atoms with E-state index in [1.165, 1.54) is 18.2 Å². The first-order valence-corrected chi connectivity index (χ1v) is 12.0. The van der Waals surface area contributed by atoms with E-state index in [1.807, 2.05) is 17.0 Å². The Morgan fingerprint density at radius 1 is 1.03 bits per heavy atom. The van der Waals surface area contributed by atoms with Gasteiger partial charge in [0.25, 0.3) is 0 Å². The van der Waals surface area contributed by atoms with Crippen LogP contribution in [0.25, 0.3) is 22.4 Å². The number of fused-ring (bicyclic) bond motifs is 1. The van der Waals surface area contributed by atoms with Crippen molar-refractivity contribution in [1.82, 2.24) is 24.8 Å². The average Bonchev–Trinajstić information content (AvgIpc) is 2.94. The molecule has 1 saturated heterocycles. The van der Waals surface area contributed by atoms with E-state index in [2.05, 4.69) is 20.3 Å². The molecule has 13 heteroatoms. The number of amides is 2. The molecule has 2 aromatic heterocycles. The van der Waals surface area contributed by atoms with Gasteiger partial charge in [-0.25, -0.2) is 19.2 Å². The fourth-order valence-electron chi connectivity index (χ4n) is 4.16. The Bertz CT molecular complexity index is 1510. The van der Waals surface area contributed by atoms with E-state index in [4.69, 9.17) is 31.8 Å². The van der Waals surface area contributed by atoms with Gasteiger partial charge < -0.3 is 30.3 Å². The number of carbonyl (C=O) groups is 1. The number of anilines is 3. The topological polar surface area (TPSA) is 132 Å². The number of nitrogen functional groups attached to an aromatic ring is 1. The van der Waals surface area contributed by atoms with E-state index in [-0.39, 0.29) is 17.0 Å². The molecule has 1 fully saturated rings. The summed E-state index contributed by atoms with van der Waals surface area (Å²) in [5.41, 5.74) is 8.63. The maximum Gasteiger partial charge on any atom is 0.321 e. The van der Waals surface area contributed by atoms with Crippen LogP contribution in [0, 0.1) is 5.82 Å². The van der Waals surface area contributed by atoms with Crippen molar-refractivity contribution in [1.29, 1.82) is 0 Å².